The Balaban J connectivity index is 3.81. The SMILES string of the molecule is CCCC(C)=CCOC(=O)C(=O)OCC. The van der Waals surface area contributed by atoms with E-state index in [0.29, 0.717) is 0 Å². The fourth-order valence-corrected chi connectivity index (χ4v) is 1.00. The largest absolute Gasteiger partial charge is 0.458 e. The summed E-state index contributed by atoms with van der Waals surface area (Å²) in [6.07, 6.45) is 3.81. The van der Waals surface area contributed by atoms with Gasteiger partial charge < -0.3 is 9.47 Å². The second kappa shape index (κ2) is 8.03. The van der Waals surface area contributed by atoms with E-state index in [1.165, 1.54) is 0 Å². The maximum atomic E-state index is 10.9. The van der Waals surface area contributed by atoms with Crippen molar-refractivity contribution in [2.24, 2.45) is 0 Å². The summed E-state index contributed by atoms with van der Waals surface area (Å²) < 4.78 is 9.16. The molecule has 0 heterocycles. The standard InChI is InChI=1S/C11H18O4/c1-4-6-9(3)7-8-15-11(13)10(12)14-5-2/h7H,4-6,8H2,1-3H3. The maximum Gasteiger partial charge on any atom is 0.417 e. The first-order valence-electron chi connectivity index (χ1n) is 5.11. The summed E-state index contributed by atoms with van der Waals surface area (Å²) in [6.45, 7) is 5.97. The number of hydrogen-bond acceptors (Lipinski definition) is 4. The summed E-state index contributed by atoms with van der Waals surface area (Å²) in [5, 5.41) is 0. The number of carbonyl (C=O) groups is 2. The number of carbonyl (C=O) groups excluding carboxylic acids is 2. The van der Waals surface area contributed by atoms with Gasteiger partial charge in [-0.1, -0.05) is 18.9 Å². The first-order chi connectivity index (χ1) is 7.11. The van der Waals surface area contributed by atoms with E-state index in [1.807, 2.05) is 6.92 Å². The molecule has 0 radical (unpaired) electrons. The van der Waals surface area contributed by atoms with Gasteiger partial charge in [-0.3, -0.25) is 0 Å². The van der Waals surface area contributed by atoms with E-state index in [4.69, 9.17) is 0 Å². The predicted octanol–water partition coefficient (Wildman–Crippen LogP) is 1.84. The average Bonchev–Trinajstić information content (AvgIpc) is 2.18. The highest BCUT2D eigenvalue weighted by Crippen LogP contribution is 2.02. The van der Waals surface area contributed by atoms with Crippen LogP contribution in [0.2, 0.25) is 0 Å². The minimum absolute atomic E-state index is 0.128. The Hall–Kier alpha value is -1.32. The van der Waals surface area contributed by atoms with E-state index < -0.39 is 11.9 Å². The minimum atomic E-state index is -0.933. The molecule has 0 rings (SSSR count). The van der Waals surface area contributed by atoms with Crippen molar-refractivity contribution in [2.45, 2.75) is 33.6 Å². The van der Waals surface area contributed by atoms with Crippen molar-refractivity contribution in [3.63, 3.8) is 0 Å². The third-order valence-electron chi connectivity index (χ3n) is 1.73. The number of allylic oxidation sites excluding steroid dienone is 1. The van der Waals surface area contributed by atoms with Crippen LogP contribution in [0.25, 0.3) is 0 Å². The molecular weight excluding hydrogens is 196 g/mol. The Morgan fingerprint density at radius 2 is 1.73 bits per heavy atom. The van der Waals surface area contributed by atoms with E-state index in [9.17, 15) is 9.59 Å². The lowest BCUT2D eigenvalue weighted by Gasteiger charge is -2.02. The molecule has 4 heteroatoms. The van der Waals surface area contributed by atoms with E-state index in [0.717, 1.165) is 18.4 Å². The summed E-state index contributed by atoms with van der Waals surface area (Å²) in [4.78, 5) is 21.8. The fraction of sp³-hybridized carbons (Fsp3) is 0.636. The summed E-state index contributed by atoms with van der Waals surface area (Å²) in [7, 11) is 0. The third kappa shape index (κ3) is 6.71. The van der Waals surface area contributed by atoms with Crippen LogP contribution in [0.4, 0.5) is 0 Å². The molecule has 0 atom stereocenters. The molecule has 0 fully saturated rings. The van der Waals surface area contributed by atoms with Crippen LogP contribution in [0.1, 0.15) is 33.6 Å². The van der Waals surface area contributed by atoms with E-state index in [1.54, 1.807) is 13.0 Å². The molecule has 0 saturated heterocycles. The van der Waals surface area contributed by atoms with E-state index in [2.05, 4.69) is 16.4 Å². The molecule has 0 unspecified atom stereocenters. The normalized spacial score (nSPS) is 11.0. The zero-order valence-corrected chi connectivity index (χ0v) is 9.54. The molecule has 0 saturated carbocycles. The molecule has 0 bridgehead atoms. The molecule has 0 aromatic heterocycles. The fourth-order valence-electron chi connectivity index (χ4n) is 1.00. The highest BCUT2D eigenvalue weighted by molar-refractivity contribution is 6.29. The van der Waals surface area contributed by atoms with Gasteiger partial charge in [0.1, 0.15) is 6.61 Å². The van der Waals surface area contributed by atoms with Gasteiger partial charge in [0.15, 0.2) is 0 Å². The molecule has 0 N–H and O–H groups in total. The van der Waals surface area contributed by atoms with Crippen LogP contribution < -0.4 is 0 Å². The van der Waals surface area contributed by atoms with Gasteiger partial charge >= 0.3 is 11.9 Å². The highest BCUT2D eigenvalue weighted by atomic mass is 16.6. The van der Waals surface area contributed by atoms with Crippen LogP contribution in [0.15, 0.2) is 11.6 Å². The van der Waals surface area contributed by atoms with E-state index >= 15 is 0 Å². The molecular formula is C11H18O4. The number of ether oxygens (including phenoxy) is 2. The smallest absolute Gasteiger partial charge is 0.417 e. The van der Waals surface area contributed by atoms with Gasteiger partial charge in [-0.15, -0.1) is 0 Å². The number of esters is 2. The molecule has 0 aliphatic rings. The van der Waals surface area contributed by atoms with Crippen LogP contribution in [-0.2, 0) is 19.1 Å². The van der Waals surface area contributed by atoms with Crippen molar-refractivity contribution in [3.05, 3.63) is 11.6 Å². The van der Waals surface area contributed by atoms with Crippen LogP contribution in [0.5, 0.6) is 0 Å². The second-order valence-electron chi connectivity index (χ2n) is 3.12. The van der Waals surface area contributed by atoms with Crippen molar-refractivity contribution >= 4 is 11.9 Å². The Bertz CT molecular complexity index is 243. The van der Waals surface area contributed by atoms with Crippen molar-refractivity contribution in [1.29, 1.82) is 0 Å². The van der Waals surface area contributed by atoms with Crippen LogP contribution in [0, 0.1) is 0 Å². The van der Waals surface area contributed by atoms with Gasteiger partial charge in [-0.05, 0) is 26.3 Å². The van der Waals surface area contributed by atoms with E-state index in [-0.39, 0.29) is 13.2 Å². The lowest BCUT2D eigenvalue weighted by molar-refractivity contribution is -0.166. The van der Waals surface area contributed by atoms with Crippen LogP contribution >= 0.6 is 0 Å². The Labute approximate surface area is 90.2 Å². The van der Waals surface area contributed by atoms with Crippen molar-refractivity contribution < 1.29 is 19.1 Å². The summed E-state index contributed by atoms with van der Waals surface area (Å²) in [5.74, 6) is -1.86. The van der Waals surface area contributed by atoms with Crippen molar-refractivity contribution in [1.82, 2.24) is 0 Å². The molecule has 0 amide bonds. The number of hydrogen-bond donors (Lipinski definition) is 0. The Morgan fingerprint density at radius 3 is 2.27 bits per heavy atom. The quantitative estimate of drug-likeness (QED) is 0.398. The minimum Gasteiger partial charge on any atom is -0.458 e. The molecule has 0 aromatic carbocycles. The molecule has 0 aliphatic carbocycles. The second-order valence-corrected chi connectivity index (χ2v) is 3.12. The molecule has 4 nitrogen and oxygen atoms in total. The molecule has 15 heavy (non-hydrogen) atoms. The lowest BCUT2D eigenvalue weighted by Crippen LogP contribution is -2.20. The molecule has 86 valence electrons. The maximum absolute atomic E-state index is 10.9. The predicted molar refractivity (Wildman–Crippen MR) is 56.3 cm³/mol. The third-order valence-corrected chi connectivity index (χ3v) is 1.73. The summed E-state index contributed by atoms with van der Waals surface area (Å²) in [6, 6.07) is 0. The zero-order chi connectivity index (χ0) is 11.7. The van der Waals surface area contributed by atoms with Crippen LogP contribution in [0.3, 0.4) is 0 Å². The zero-order valence-electron chi connectivity index (χ0n) is 9.54. The highest BCUT2D eigenvalue weighted by Gasteiger charge is 2.15. The van der Waals surface area contributed by atoms with Crippen molar-refractivity contribution in [2.75, 3.05) is 13.2 Å². The van der Waals surface area contributed by atoms with Crippen molar-refractivity contribution in [3.8, 4) is 0 Å². The molecule has 0 spiro atoms. The first-order valence-corrected chi connectivity index (χ1v) is 5.11. The van der Waals surface area contributed by atoms with Gasteiger partial charge in [0, 0.05) is 0 Å². The summed E-state index contributed by atoms with van der Waals surface area (Å²) >= 11 is 0. The molecule has 0 aromatic rings. The molecule has 0 aliphatic heterocycles. The van der Waals surface area contributed by atoms with Crippen LogP contribution in [-0.4, -0.2) is 25.2 Å². The topological polar surface area (TPSA) is 52.6 Å². The number of rotatable bonds is 5. The van der Waals surface area contributed by atoms with Gasteiger partial charge in [0.25, 0.3) is 0 Å². The monoisotopic (exact) mass is 214 g/mol. The first kappa shape index (κ1) is 13.7. The average molecular weight is 214 g/mol. The van der Waals surface area contributed by atoms with Gasteiger partial charge in [-0.25, -0.2) is 9.59 Å². The Morgan fingerprint density at radius 1 is 1.13 bits per heavy atom. The summed E-state index contributed by atoms with van der Waals surface area (Å²) in [5.41, 5.74) is 1.15. The lowest BCUT2D eigenvalue weighted by atomic mass is 10.2. The van der Waals surface area contributed by atoms with Gasteiger partial charge in [0.2, 0.25) is 0 Å². The van der Waals surface area contributed by atoms with Gasteiger partial charge in [0.05, 0.1) is 6.61 Å². The Kier molecular flexibility index (Phi) is 7.32. The van der Waals surface area contributed by atoms with Gasteiger partial charge in [-0.2, -0.15) is 0 Å².